The van der Waals surface area contributed by atoms with Gasteiger partial charge < -0.3 is 4.52 Å². The fourth-order valence-electron chi connectivity index (χ4n) is 3.57. The van der Waals surface area contributed by atoms with E-state index in [0.717, 1.165) is 17.5 Å². The van der Waals surface area contributed by atoms with E-state index in [0.29, 0.717) is 35.3 Å². The molecule has 1 aliphatic rings. The Morgan fingerprint density at radius 3 is 2.71 bits per heavy atom. The van der Waals surface area contributed by atoms with Gasteiger partial charge in [-0.1, -0.05) is 47.1 Å². The fraction of sp³-hybridized carbons (Fsp3) is 0.300. The molecule has 146 valence electrons. The first-order valence-electron chi connectivity index (χ1n) is 9.06. The Hall–Kier alpha value is -2.22. The summed E-state index contributed by atoms with van der Waals surface area (Å²) in [4.78, 5) is 4.72. The lowest BCUT2D eigenvalue weighted by Gasteiger charge is -2.22. The maximum absolute atomic E-state index is 13.3. The molecule has 8 heteroatoms. The SMILES string of the molecule is Cc1ccccc1-c1noc(C2CCCN2S(=O)(=O)c2cccc(Cl)c2C)n1. The molecule has 1 saturated heterocycles. The molecule has 28 heavy (non-hydrogen) atoms. The number of hydrogen-bond donors (Lipinski definition) is 0. The number of hydrogen-bond acceptors (Lipinski definition) is 5. The van der Waals surface area contributed by atoms with Crippen LogP contribution in [0.25, 0.3) is 11.4 Å². The van der Waals surface area contributed by atoms with E-state index >= 15 is 0 Å². The fourth-order valence-corrected chi connectivity index (χ4v) is 5.70. The normalized spacial score (nSPS) is 17.9. The minimum absolute atomic E-state index is 0.213. The summed E-state index contributed by atoms with van der Waals surface area (Å²) in [7, 11) is -3.73. The Morgan fingerprint density at radius 1 is 1.14 bits per heavy atom. The van der Waals surface area contributed by atoms with E-state index in [1.165, 1.54) is 4.31 Å². The maximum atomic E-state index is 13.3. The summed E-state index contributed by atoms with van der Waals surface area (Å²) in [5.74, 6) is 0.787. The number of aromatic nitrogens is 2. The predicted molar refractivity (Wildman–Crippen MR) is 107 cm³/mol. The summed E-state index contributed by atoms with van der Waals surface area (Å²) >= 11 is 6.14. The van der Waals surface area contributed by atoms with Crippen molar-refractivity contribution in [1.29, 1.82) is 0 Å². The van der Waals surface area contributed by atoms with Gasteiger partial charge in [-0.05, 0) is 49.9 Å². The molecular formula is C20H20ClN3O3S. The average Bonchev–Trinajstić information content (AvgIpc) is 3.33. The van der Waals surface area contributed by atoms with Crippen LogP contribution < -0.4 is 0 Å². The molecule has 1 atom stereocenters. The largest absolute Gasteiger partial charge is 0.337 e. The molecule has 0 amide bonds. The molecule has 2 heterocycles. The van der Waals surface area contributed by atoms with Crippen molar-refractivity contribution in [3.05, 3.63) is 64.5 Å². The van der Waals surface area contributed by atoms with Gasteiger partial charge in [0, 0.05) is 17.1 Å². The molecule has 0 saturated carbocycles. The van der Waals surface area contributed by atoms with Crippen LogP contribution in [0.2, 0.25) is 5.02 Å². The van der Waals surface area contributed by atoms with Crippen molar-refractivity contribution in [3.8, 4) is 11.4 Å². The van der Waals surface area contributed by atoms with Crippen LogP contribution in [-0.4, -0.2) is 29.4 Å². The number of nitrogens with zero attached hydrogens (tertiary/aromatic N) is 3. The smallest absolute Gasteiger partial charge is 0.245 e. The molecule has 1 unspecified atom stereocenters. The summed E-state index contributed by atoms with van der Waals surface area (Å²) in [6.45, 7) is 4.09. The lowest BCUT2D eigenvalue weighted by molar-refractivity contribution is 0.290. The monoisotopic (exact) mass is 417 g/mol. The lowest BCUT2D eigenvalue weighted by atomic mass is 10.1. The van der Waals surface area contributed by atoms with Gasteiger partial charge in [0.2, 0.25) is 21.7 Å². The highest BCUT2D eigenvalue weighted by molar-refractivity contribution is 7.89. The number of rotatable bonds is 4. The Balaban J connectivity index is 1.70. The molecule has 1 aromatic heterocycles. The first-order valence-corrected chi connectivity index (χ1v) is 10.9. The Kier molecular flexibility index (Phi) is 4.99. The van der Waals surface area contributed by atoms with Crippen molar-refractivity contribution in [2.24, 2.45) is 0 Å². The highest BCUT2D eigenvalue weighted by atomic mass is 35.5. The molecule has 4 rings (SSSR count). The Morgan fingerprint density at radius 2 is 1.93 bits per heavy atom. The molecule has 6 nitrogen and oxygen atoms in total. The highest BCUT2D eigenvalue weighted by Gasteiger charge is 2.40. The number of benzene rings is 2. The van der Waals surface area contributed by atoms with Crippen LogP contribution >= 0.6 is 11.6 Å². The van der Waals surface area contributed by atoms with Crippen LogP contribution in [0.3, 0.4) is 0 Å². The molecule has 0 N–H and O–H groups in total. The predicted octanol–water partition coefficient (Wildman–Crippen LogP) is 4.53. The van der Waals surface area contributed by atoms with Crippen LogP contribution in [0.5, 0.6) is 0 Å². The second-order valence-electron chi connectivity index (χ2n) is 6.91. The minimum Gasteiger partial charge on any atom is -0.337 e. The van der Waals surface area contributed by atoms with E-state index in [2.05, 4.69) is 10.1 Å². The third kappa shape index (κ3) is 3.23. The van der Waals surface area contributed by atoms with Crippen molar-refractivity contribution in [2.75, 3.05) is 6.54 Å². The van der Waals surface area contributed by atoms with Crippen LogP contribution in [-0.2, 0) is 10.0 Å². The molecule has 3 aromatic rings. The number of aryl methyl sites for hydroxylation is 1. The second kappa shape index (κ2) is 7.31. The van der Waals surface area contributed by atoms with Gasteiger partial charge in [-0.2, -0.15) is 9.29 Å². The van der Waals surface area contributed by atoms with Gasteiger partial charge in [0.15, 0.2) is 0 Å². The van der Waals surface area contributed by atoms with Gasteiger partial charge in [-0.3, -0.25) is 0 Å². The molecular weight excluding hydrogens is 398 g/mol. The van der Waals surface area contributed by atoms with Crippen molar-refractivity contribution in [3.63, 3.8) is 0 Å². The molecule has 0 bridgehead atoms. The Bertz CT molecular complexity index is 1130. The maximum Gasteiger partial charge on any atom is 0.245 e. The van der Waals surface area contributed by atoms with Crippen molar-refractivity contribution in [1.82, 2.24) is 14.4 Å². The van der Waals surface area contributed by atoms with Crippen LogP contribution in [0.4, 0.5) is 0 Å². The van der Waals surface area contributed by atoms with Crippen molar-refractivity contribution in [2.45, 2.75) is 37.6 Å². The second-order valence-corrected chi connectivity index (χ2v) is 9.17. The minimum atomic E-state index is -3.73. The van der Waals surface area contributed by atoms with E-state index in [1.807, 2.05) is 31.2 Å². The van der Waals surface area contributed by atoms with E-state index < -0.39 is 16.1 Å². The third-order valence-electron chi connectivity index (χ3n) is 5.12. The van der Waals surface area contributed by atoms with Crippen LogP contribution in [0.15, 0.2) is 51.9 Å². The summed E-state index contributed by atoms with van der Waals surface area (Å²) in [6, 6.07) is 12.2. The molecule has 2 aromatic carbocycles. The van der Waals surface area contributed by atoms with E-state index in [-0.39, 0.29) is 4.90 Å². The molecule has 0 radical (unpaired) electrons. The molecule has 0 aliphatic carbocycles. The average molecular weight is 418 g/mol. The Labute approximate surface area is 169 Å². The standard InChI is InChI=1S/C20H20ClN3O3S/c1-13-7-3-4-8-15(13)19-22-20(27-23-19)17-10-6-12-24(17)28(25,26)18-11-5-9-16(21)14(18)2/h3-5,7-9,11,17H,6,10,12H2,1-2H3. The van der Waals surface area contributed by atoms with Crippen LogP contribution in [0, 0.1) is 13.8 Å². The van der Waals surface area contributed by atoms with Gasteiger partial charge in [0.05, 0.1) is 4.90 Å². The summed E-state index contributed by atoms with van der Waals surface area (Å²) in [6.07, 6.45) is 1.36. The summed E-state index contributed by atoms with van der Waals surface area (Å²) < 4.78 is 33.5. The van der Waals surface area contributed by atoms with Gasteiger partial charge in [-0.15, -0.1) is 0 Å². The number of sulfonamides is 1. The van der Waals surface area contributed by atoms with Gasteiger partial charge >= 0.3 is 0 Å². The lowest BCUT2D eigenvalue weighted by Crippen LogP contribution is -2.31. The number of halogens is 1. The highest BCUT2D eigenvalue weighted by Crippen LogP contribution is 2.38. The first-order chi connectivity index (χ1) is 13.4. The van der Waals surface area contributed by atoms with Crippen LogP contribution in [0.1, 0.15) is 35.9 Å². The zero-order valence-corrected chi connectivity index (χ0v) is 17.2. The zero-order valence-electron chi connectivity index (χ0n) is 15.6. The zero-order chi connectivity index (χ0) is 19.9. The quantitative estimate of drug-likeness (QED) is 0.623. The molecule has 1 aliphatic heterocycles. The molecule has 1 fully saturated rings. The van der Waals surface area contributed by atoms with Crippen molar-refractivity contribution >= 4 is 21.6 Å². The van der Waals surface area contributed by atoms with E-state index in [1.54, 1.807) is 25.1 Å². The first kappa shape index (κ1) is 19.1. The van der Waals surface area contributed by atoms with Gasteiger partial charge in [0.1, 0.15) is 6.04 Å². The van der Waals surface area contributed by atoms with E-state index in [9.17, 15) is 8.42 Å². The van der Waals surface area contributed by atoms with Gasteiger partial charge in [0.25, 0.3) is 0 Å². The topological polar surface area (TPSA) is 76.3 Å². The summed E-state index contributed by atoms with van der Waals surface area (Å²) in [5.41, 5.74) is 2.44. The van der Waals surface area contributed by atoms with E-state index in [4.69, 9.17) is 16.1 Å². The summed E-state index contributed by atoms with van der Waals surface area (Å²) in [5, 5.41) is 4.51. The van der Waals surface area contributed by atoms with Crippen molar-refractivity contribution < 1.29 is 12.9 Å². The van der Waals surface area contributed by atoms with Gasteiger partial charge in [-0.25, -0.2) is 8.42 Å². The molecule has 0 spiro atoms. The third-order valence-corrected chi connectivity index (χ3v) is 7.58.